The van der Waals surface area contributed by atoms with Crippen molar-refractivity contribution in [3.05, 3.63) is 57.4 Å². The molecule has 0 atom stereocenters. The molecule has 0 aliphatic heterocycles. The number of aliphatic carboxylic acids is 1. The van der Waals surface area contributed by atoms with Crippen molar-refractivity contribution in [3.63, 3.8) is 0 Å². The molecule has 1 aromatic carbocycles. The van der Waals surface area contributed by atoms with Crippen LogP contribution in [-0.2, 0) is 4.79 Å². The number of rotatable bonds is 3. The Labute approximate surface area is 99.6 Å². The molecule has 3 heteroatoms. The van der Waals surface area contributed by atoms with Crippen LogP contribution in [0.3, 0.4) is 0 Å². The molecule has 2 nitrogen and oxygen atoms in total. The summed E-state index contributed by atoms with van der Waals surface area (Å²) in [5.74, 6) is -0.880. The fourth-order valence-electron chi connectivity index (χ4n) is 1.40. The summed E-state index contributed by atoms with van der Waals surface area (Å²) >= 11 is 0.273. The van der Waals surface area contributed by atoms with Crippen LogP contribution in [-0.4, -0.2) is 25.6 Å². The summed E-state index contributed by atoms with van der Waals surface area (Å²) in [4.78, 5) is 13.3. The molecule has 0 aliphatic rings. The van der Waals surface area contributed by atoms with E-state index in [0.29, 0.717) is 5.57 Å². The standard InChI is InChI=1S/C13H10O2Se/c14-13(15)12(9-11-7-4-8-16-11)10-5-2-1-3-6-10/h1-9H,(H,14,15)/b12-9+. The molecular formula is C13H10O2Se. The fourth-order valence-corrected chi connectivity index (χ4v) is 2.78. The first-order valence-corrected chi connectivity index (χ1v) is 6.66. The minimum absolute atomic E-state index is 0.273. The molecule has 2 rings (SSSR count). The predicted molar refractivity (Wildman–Crippen MR) is 65.3 cm³/mol. The van der Waals surface area contributed by atoms with E-state index in [-0.39, 0.29) is 14.5 Å². The van der Waals surface area contributed by atoms with Crippen molar-refractivity contribution in [2.24, 2.45) is 0 Å². The van der Waals surface area contributed by atoms with Crippen molar-refractivity contribution in [1.82, 2.24) is 0 Å². The van der Waals surface area contributed by atoms with Gasteiger partial charge in [0.25, 0.3) is 0 Å². The molecule has 0 fully saturated rings. The Balaban J connectivity index is 2.43. The third-order valence-electron chi connectivity index (χ3n) is 2.14. The van der Waals surface area contributed by atoms with E-state index >= 15 is 0 Å². The molecule has 0 bridgehead atoms. The third-order valence-corrected chi connectivity index (χ3v) is 3.86. The minimum atomic E-state index is -0.880. The van der Waals surface area contributed by atoms with E-state index in [9.17, 15) is 9.90 Å². The second-order valence-electron chi connectivity index (χ2n) is 3.24. The van der Waals surface area contributed by atoms with Crippen LogP contribution in [0.15, 0.2) is 47.4 Å². The van der Waals surface area contributed by atoms with Crippen LogP contribution in [0.4, 0.5) is 0 Å². The second kappa shape index (κ2) is 4.97. The molecule has 0 radical (unpaired) electrons. The summed E-state index contributed by atoms with van der Waals surface area (Å²) in [6.45, 7) is 0. The topological polar surface area (TPSA) is 37.3 Å². The first-order chi connectivity index (χ1) is 7.77. The summed E-state index contributed by atoms with van der Waals surface area (Å²) in [6.07, 6.45) is 1.76. The van der Waals surface area contributed by atoms with E-state index in [1.807, 2.05) is 42.5 Å². The SMILES string of the molecule is O=C(O)/C(=C/c1ccc[se]1)c1ccccc1. The zero-order valence-electron chi connectivity index (χ0n) is 8.46. The molecule has 0 aliphatic carbocycles. The van der Waals surface area contributed by atoms with E-state index < -0.39 is 5.97 Å². The number of carboxylic acids is 1. The monoisotopic (exact) mass is 278 g/mol. The maximum absolute atomic E-state index is 11.2. The molecule has 1 aromatic heterocycles. The Kier molecular flexibility index (Phi) is 3.40. The van der Waals surface area contributed by atoms with Gasteiger partial charge in [-0.3, -0.25) is 0 Å². The zero-order chi connectivity index (χ0) is 11.4. The third kappa shape index (κ3) is 2.51. The van der Waals surface area contributed by atoms with Crippen LogP contribution < -0.4 is 0 Å². The summed E-state index contributed by atoms with van der Waals surface area (Å²) in [5.41, 5.74) is 1.11. The summed E-state index contributed by atoms with van der Waals surface area (Å²) in [5, 5.41) is 9.18. The Hall–Kier alpha value is -1.57. The van der Waals surface area contributed by atoms with E-state index in [4.69, 9.17) is 0 Å². The Morgan fingerprint density at radius 3 is 2.44 bits per heavy atom. The maximum atomic E-state index is 11.2. The van der Waals surface area contributed by atoms with Gasteiger partial charge in [0.15, 0.2) is 0 Å². The van der Waals surface area contributed by atoms with Crippen molar-refractivity contribution in [2.45, 2.75) is 0 Å². The van der Waals surface area contributed by atoms with Gasteiger partial charge in [-0.05, 0) is 0 Å². The molecule has 0 unspecified atom stereocenters. The average molecular weight is 277 g/mol. The van der Waals surface area contributed by atoms with Gasteiger partial charge < -0.3 is 0 Å². The van der Waals surface area contributed by atoms with Crippen molar-refractivity contribution in [1.29, 1.82) is 0 Å². The van der Waals surface area contributed by atoms with Crippen LogP contribution in [0.2, 0.25) is 0 Å². The van der Waals surface area contributed by atoms with Crippen LogP contribution in [0.25, 0.3) is 11.6 Å². The summed E-state index contributed by atoms with van der Waals surface area (Å²) < 4.78 is 1.09. The predicted octanol–water partition coefficient (Wildman–Crippen LogP) is 2.37. The van der Waals surface area contributed by atoms with E-state index in [1.165, 1.54) is 0 Å². The molecule has 1 heterocycles. The molecule has 1 N–H and O–H groups in total. The fraction of sp³-hybridized carbons (Fsp3) is 0. The first kappa shape index (κ1) is 10.9. The number of carbonyl (C=O) groups is 1. The van der Waals surface area contributed by atoms with Gasteiger partial charge in [-0.2, -0.15) is 0 Å². The Morgan fingerprint density at radius 2 is 1.88 bits per heavy atom. The zero-order valence-corrected chi connectivity index (χ0v) is 10.2. The van der Waals surface area contributed by atoms with Gasteiger partial charge in [0, 0.05) is 0 Å². The normalized spacial score (nSPS) is 11.4. The van der Waals surface area contributed by atoms with Gasteiger partial charge in [0.1, 0.15) is 0 Å². The van der Waals surface area contributed by atoms with Gasteiger partial charge in [-0.25, -0.2) is 0 Å². The first-order valence-electron chi connectivity index (χ1n) is 4.81. The molecule has 0 saturated carbocycles. The molecule has 0 amide bonds. The average Bonchev–Trinajstić information content (AvgIpc) is 2.79. The van der Waals surface area contributed by atoms with E-state index in [2.05, 4.69) is 4.94 Å². The number of carboxylic acid groups (broad SMARTS) is 1. The van der Waals surface area contributed by atoms with Crippen LogP contribution >= 0.6 is 0 Å². The molecule has 0 saturated heterocycles. The van der Waals surface area contributed by atoms with Crippen molar-refractivity contribution >= 4 is 32.1 Å². The van der Waals surface area contributed by atoms with Crippen molar-refractivity contribution in [3.8, 4) is 0 Å². The Bertz CT molecular complexity index is 498. The van der Waals surface area contributed by atoms with Gasteiger partial charge in [-0.1, -0.05) is 0 Å². The van der Waals surface area contributed by atoms with Gasteiger partial charge >= 0.3 is 99.4 Å². The number of benzene rings is 1. The van der Waals surface area contributed by atoms with Crippen LogP contribution in [0, 0.1) is 0 Å². The van der Waals surface area contributed by atoms with Crippen molar-refractivity contribution in [2.75, 3.05) is 0 Å². The van der Waals surface area contributed by atoms with Crippen LogP contribution in [0.5, 0.6) is 0 Å². The quantitative estimate of drug-likeness (QED) is 0.691. The second-order valence-corrected chi connectivity index (χ2v) is 5.30. The molecule has 80 valence electrons. The van der Waals surface area contributed by atoms with Gasteiger partial charge in [-0.15, -0.1) is 0 Å². The summed E-state index contributed by atoms with van der Waals surface area (Å²) in [6, 6.07) is 13.1. The number of hydrogen-bond donors (Lipinski definition) is 1. The van der Waals surface area contributed by atoms with Crippen LogP contribution in [0.1, 0.15) is 10.0 Å². The van der Waals surface area contributed by atoms with Crippen molar-refractivity contribution < 1.29 is 9.90 Å². The molecular weight excluding hydrogens is 267 g/mol. The molecule has 0 spiro atoms. The summed E-state index contributed by atoms with van der Waals surface area (Å²) in [7, 11) is 0. The van der Waals surface area contributed by atoms with Gasteiger partial charge in [0.05, 0.1) is 0 Å². The van der Waals surface area contributed by atoms with Gasteiger partial charge in [0.2, 0.25) is 0 Å². The Morgan fingerprint density at radius 1 is 1.12 bits per heavy atom. The van der Waals surface area contributed by atoms with E-state index in [0.717, 1.165) is 10.0 Å². The molecule has 2 aromatic rings. The number of hydrogen-bond acceptors (Lipinski definition) is 1. The molecule has 16 heavy (non-hydrogen) atoms. The van der Waals surface area contributed by atoms with E-state index in [1.54, 1.807) is 6.08 Å².